The van der Waals surface area contributed by atoms with Gasteiger partial charge in [0.05, 0.1) is 6.61 Å². The summed E-state index contributed by atoms with van der Waals surface area (Å²) in [6.45, 7) is 4.62. The van der Waals surface area contributed by atoms with Gasteiger partial charge in [0, 0.05) is 23.0 Å². The van der Waals surface area contributed by atoms with Crippen molar-refractivity contribution < 1.29 is 9.53 Å². The highest BCUT2D eigenvalue weighted by molar-refractivity contribution is 7.10. The molecule has 2 unspecified atom stereocenters. The van der Waals surface area contributed by atoms with Crippen molar-refractivity contribution >= 4 is 17.1 Å². The van der Waals surface area contributed by atoms with Crippen LogP contribution in [0, 0.1) is 6.92 Å². The summed E-state index contributed by atoms with van der Waals surface area (Å²) >= 11 is 1.63. The maximum atomic E-state index is 12.3. The smallest absolute Gasteiger partial charge is 0.193 e. The van der Waals surface area contributed by atoms with E-state index in [1.807, 2.05) is 18.4 Å². The van der Waals surface area contributed by atoms with Gasteiger partial charge in [0.2, 0.25) is 0 Å². The lowest BCUT2D eigenvalue weighted by Crippen LogP contribution is -2.49. The number of hydrogen-bond acceptors (Lipinski definition) is 4. The Labute approximate surface area is 105 Å². The predicted octanol–water partition coefficient (Wildman–Crippen LogP) is 2.10. The molecule has 0 N–H and O–H groups in total. The fourth-order valence-electron chi connectivity index (χ4n) is 2.79. The number of fused-ring (bicyclic) bond motifs is 1. The zero-order chi connectivity index (χ0) is 11.8. The molecule has 0 amide bonds. The zero-order valence-corrected chi connectivity index (χ0v) is 10.8. The summed E-state index contributed by atoms with van der Waals surface area (Å²) in [6.07, 6.45) is 2.21. The maximum Gasteiger partial charge on any atom is 0.193 e. The van der Waals surface area contributed by atoms with Crippen LogP contribution in [-0.4, -0.2) is 42.5 Å². The molecule has 1 aromatic rings. The minimum Gasteiger partial charge on any atom is -0.367 e. The number of ketones is 1. The molecule has 2 aliphatic heterocycles. The molecule has 0 aromatic carbocycles. The predicted molar refractivity (Wildman–Crippen MR) is 67.7 cm³/mol. The molecule has 2 saturated heterocycles. The molecule has 2 aliphatic rings. The largest absolute Gasteiger partial charge is 0.367 e. The Kier molecular flexibility index (Phi) is 3.03. The minimum atomic E-state index is -0.252. The Hall–Kier alpha value is -0.710. The molecule has 0 spiro atoms. The average molecular weight is 251 g/mol. The number of rotatable bonds is 2. The summed E-state index contributed by atoms with van der Waals surface area (Å²) in [5.41, 5.74) is 0.845. The molecule has 0 saturated carbocycles. The van der Waals surface area contributed by atoms with E-state index in [9.17, 15) is 4.79 Å². The van der Waals surface area contributed by atoms with Crippen molar-refractivity contribution in [3.63, 3.8) is 0 Å². The second kappa shape index (κ2) is 4.52. The first kappa shape index (κ1) is 11.4. The molecule has 3 heterocycles. The van der Waals surface area contributed by atoms with Gasteiger partial charge in [-0.05, 0) is 37.8 Å². The molecule has 92 valence electrons. The number of thiophene rings is 1. The van der Waals surface area contributed by atoms with Gasteiger partial charge in [0.1, 0.15) is 6.10 Å². The van der Waals surface area contributed by atoms with E-state index < -0.39 is 0 Å². The second-order valence-corrected chi connectivity index (χ2v) is 5.99. The Morgan fingerprint density at radius 2 is 2.47 bits per heavy atom. The van der Waals surface area contributed by atoms with Crippen molar-refractivity contribution in [3.8, 4) is 0 Å². The van der Waals surface area contributed by atoms with E-state index in [2.05, 4.69) is 4.90 Å². The van der Waals surface area contributed by atoms with Crippen molar-refractivity contribution in [3.05, 3.63) is 21.9 Å². The molecule has 0 bridgehead atoms. The van der Waals surface area contributed by atoms with Crippen LogP contribution in [0.1, 0.15) is 28.1 Å². The number of hydrogen-bond donors (Lipinski definition) is 0. The van der Waals surface area contributed by atoms with E-state index in [-0.39, 0.29) is 11.9 Å². The molecule has 2 fully saturated rings. The Balaban J connectivity index is 1.73. The third-order valence-electron chi connectivity index (χ3n) is 3.81. The van der Waals surface area contributed by atoms with Crippen molar-refractivity contribution in [2.45, 2.75) is 31.9 Å². The average Bonchev–Trinajstić information content (AvgIpc) is 2.95. The van der Waals surface area contributed by atoms with Crippen LogP contribution in [0.5, 0.6) is 0 Å². The molecular formula is C13H17NO2S. The van der Waals surface area contributed by atoms with E-state index in [1.165, 1.54) is 12.8 Å². The molecule has 4 heteroatoms. The summed E-state index contributed by atoms with van der Waals surface area (Å²) in [5.74, 6) is 0.161. The number of morpholine rings is 1. The highest BCUT2D eigenvalue weighted by Crippen LogP contribution is 2.25. The van der Waals surface area contributed by atoms with Crippen LogP contribution in [0.25, 0.3) is 0 Å². The van der Waals surface area contributed by atoms with Gasteiger partial charge in [-0.25, -0.2) is 0 Å². The SMILES string of the molecule is Cc1sccc1C(=O)C1CN2CCCC2CO1. The van der Waals surface area contributed by atoms with E-state index in [0.717, 1.165) is 30.1 Å². The number of nitrogens with zero attached hydrogens (tertiary/aromatic N) is 1. The standard InChI is InChI=1S/C13H17NO2S/c1-9-11(4-6-17-9)13(15)12-7-14-5-2-3-10(14)8-16-12/h4,6,10,12H,2-3,5,7-8H2,1H3. The fourth-order valence-corrected chi connectivity index (χ4v) is 3.49. The second-order valence-electron chi connectivity index (χ2n) is 4.87. The van der Waals surface area contributed by atoms with Gasteiger partial charge in [0.15, 0.2) is 5.78 Å². The first-order valence-electron chi connectivity index (χ1n) is 6.19. The summed E-state index contributed by atoms with van der Waals surface area (Å²) in [7, 11) is 0. The van der Waals surface area contributed by atoms with Gasteiger partial charge in [0.25, 0.3) is 0 Å². The lowest BCUT2D eigenvalue weighted by molar-refractivity contribution is -0.0344. The Morgan fingerprint density at radius 1 is 1.59 bits per heavy atom. The van der Waals surface area contributed by atoms with Crippen LogP contribution >= 0.6 is 11.3 Å². The van der Waals surface area contributed by atoms with Crippen molar-refractivity contribution in [1.82, 2.24) is 4.90 Å². The third-order valence-corrected chi connectivity index (χ3v) is 4.65. The normalized spacial score (nSPS) is 29.2. The number of ether oxygens (including phenoxy) is 1. The van der Waals surface area contributed by atoms with Crippen LogP contribution in [0.4, 0.5) is 0 Å². The highest BCUT2D eigenvalue weighted by atomic mass is 32.1. The first-order valence-corrected chi connectivity index (χ1v) is 7.07. The van der Waals surface area contributed by atoms with Crippen LogP contribution in [0.3, 0.4) is 0 Å². The van der Waals surface area contributed by atoms with Gasteiger partial charge in [-0.3, -0.25) is 9.69 Å². The highest BCUT2D eigenvalue weighted by Gasteiger charge is 2.35. The summed E-state index contributed by atoms with van der Waals surface area (Å²) in [6, 6.07) is 2.48. The van der Waals surface area contributed by atoms with Gasteiger partial charge in [-0.15, -0.1) is 11.3 Å². The molecule has 0 radical (unpaired) electrons. The number of carbonyl (C=O) groups is 1. The van der Waals surface area contributed by atoms with Crippen molar-refractivity contribution in [1.29, 1.82) is 0 Å². The zero-order valence-electron chi connectivity index (χ0n) is 10.0. The molecular weight excluding hydrogens is 234 g/mol. The van der Waals surface area contributed by atoms with Crippen LogP contribution in [-0.2, 0) is 4.74 Å². The van der Waals surface area contributed by atoms with Gasteiger partial charge >= 0.3 is 0 Å². The van der Waals surface area contributed by atoms with Gasteiger partial charge < -0.3 is 4.74 Å². The van der Waals surface area contributed by atoms with Crippen molar-refractivity contribution in [2.24, 2.45) is 0 Å². The van der Waals surface area contributed by atoms with Crippen LogP contribution in [0.2, 0.25) is 0 Å². The first-order chi connectivity index (χ1) is 8.25. The molecule has 17 heavy (non-hydrogen) atoms. The molecule has 3 rings (SSSR count). The van der Waals surface area contributed by atoms with Crippen LogP contribution < -0.4 is 0 Å². The van der Waals surface area contributed by atoms with Crippen molar-refractivity contribution in [2.75, 3.05) is 19.7 Å². The van der Waals surface area contributed by atoms with E-state index >= 15 is 0 Å². The Morgan fingerprint density at radius 3 is 3.24 bits per heavy atom. The Bertz CT molecular complexity index is 429. The summed E-state index contributed by atoms with van der Waals surface area (Å²) in [4.78, 5) is 15.8. The summed E-state index contributed by atoms with van der Waals surface area (Å²) < 4.78 is 5.75. The van der Waals surface area contributed by atoms with E-state index in [4.69, 9.17) is 4.74 Å². The number of carbonyl (C=O) groups excluding carboxylic acids is 1. The van der Waals surface area contributed by atoms with Gasteiger partial charge in [-0.1, -0.05) is 0 Å². The number of aryl methyl sites for hydroxylation is 1. The molecule has 2 atom stereocenters. The maximum absolute atomic E-state index is 12.3. The topological polar surface area (TPSA) is 29.5 Å². The fraction of sp³-hybridized carbons (Fsp3) is 0.615. The van der Waals surface area contributed by atoms with Gasteiger partial charge in [-0.2, -0.15) is 0 Å². The number of Topliss-reactive ketones (excluding diaryl/α,β-unsaturated/α-hetero) is 1. The molecule has 3 nitrogen and oxygen atoms in total. The van der Waals surface area contributed by atoms with Crippen LogP contribution in [0.15, 0.2) is 11.4 Å². The molecule has 1 aromatic heterocycles. The minimum absolute atomic E-state index is 0.161. The lowest BCUT2D eigenvalue weighted by Gasteiger charge is -2.34. The third kappa shape index (κ3) is 2.05. The van der Waals surface area contributed by atoms with E-state index in [0.29, 0.717) is 6.04 Å². The lowest BCUT2D eigenvalue weighted by atomic mass is 10.1. The monoisotopic (exact) mass is 251 g/mol. The van der Waals surface area contributed by atoms with E-state index in [1.54, 1.807) is 11.3 Å². The summed E-state index contributed by atoms with van der Waals surface area (Å²) in [5, 5.41) is 1.98. The molecule has 0 aliphatic carbocycles. The quantitative estimate of drug-likeness (QED) is 0.754.